The van der Waals surface area contributed by atoms with Crippen LogP contribution >= 0.6 is 11.6 Å². The van der Waals surface area contributed by atoms with Crippen molar-refractivity contribution in [3.05, 3.63) is 28.0 Å². The van der Waals surface area contributed by atoms with E-state index in [1.165, 1.54) is 0 Å². The molecule has 0 radical (unpaired) electrons. The molecule has 0 spiro atoms. The van der Waals surface area contributed by atoms with Crippen molar-refractivity contribution < 1.29 is 14.3 Å². The second kappa shape index (κ2) is 7.46. The van der Waals surface area contributed by atoms with Gasteiger partial charge in [0.15, 0.2) is 6.61 Å². The number of esters is 1. The Morgan fingerprint density at radius 1 is 1.50 bits per heavy atom. The zero-order valence-corrected chi connectivity index (χ0v) is 12.0. The van der Waals surface area contributed by atoms with E-state index in [0.717, 1.165) is 0 Å². The number of carbonyl (C=O) groups is 2. The van der Waals surface area contributed by atoms with Gasteiger partial charge in [-0.15, -0.1) is 0 Å². The van der Waals surface area contributed by atoms with Gasteiger partial charge in [-0.25, -0.2) is 9.78 Å². The maximum Gasteiger partial charge on any atom is 0.342 e. The van der Waals surface area contributed by atoms with Crippen molar-refractivity contribution in [1.82, 2.24) is 10.3 Å². The molecular formula is C13H14ClN3O3. The summed E-state index contributed by atoms with van der Waals surface area (Å²) in [6.07, 6.45) is 0.201. The fraction of sp³-hybridized carbons (Fsp3) is 0.385. The molecule has 0 atom stereocenters. The summed E-state index contributed by atoms with van der Waals surface area (Å²) in [4.78, 5) is 27.2. The summed E-state index contributed by atoms with van der Waals surface area (Å²) in [5, 5.41) is 10.8. The molecule has 0 fully saturated rings. The average molecular weight is 296 g/mol. The fourth-order valence-electron chi connectivity index (χ4n) is 1.55. The Labute approximate surface area is 121 Å². The lowest BCUT2D eigenvalue weighted by molar-refractivity contribution is -0.124. The van der Waals surface area contributed by atoms with Crippen molar-refractivity contribution in [2.75, 3.05) is 13.2 Å². The predicted octanol–water partition coefficient (Wildman–Crippen LogP) is 1.54. The van der Waals surface area contributed by atoms with E-state index in [9.17, 15) is 9.59 Å². The van der Waals surface area contributed by atoms with Crippen molar-refractivity contribution >= 4 is 23.5 Å². The standard InChI is InChI=1S/C13H14ClN3O3/c1-8-6-9(2)17-12(14)11(8)13(19)20-7-10(18)16-5-3-4-15/h6H,3,5,7H2,1-2H3,(H,16,18). The van der Waals surface area contributed by atoms with E-state index in [2.05, 4.69) is 10.3 Å². The smallest absolute Gasteiger partial charge is 0.342 e. The Morgan fingerprint density at radius 3 is 2.80 bits per heavy atom. The summed E-state index contributed by atoms with van der Waals surface area (Å²) in [7, 11) is 0. The topological polar surface area (TPSA) is 92.1 Å². The highest BCUT2D eigenvalue weighted by molar-refractivity contribution is 6.32. The van der Waals surface area contributed by atoms with Crippen molar-refractivity contribution in [3.8, 4) is 6.07 Å². The van der Waals surface area contributed by atoms with Gasteiger partial charge in [0.2, 0.25) is 0 Å². The number of nitrogens with one attached hydrogen (secondary N) is 1. The van der Waals surface area contributed by atoms with Crippen LogP contribution in [0.25, 0.3) is 0 Å². The summed E-state index contributed by atoms with van der Waals surface area (Å²) in [5.41, 5.74) is 1.48. The van der Waals surface area contributed by atoms with Crippen LogP contribution in [0, 0.1) is 25.2 Å². The van der Waals surface area contributed by atoms with Gasteiger partial charge in [-0.2, -0.15) is 5.26 Å². The highest BCUT2D eigenvalue weighted by Gasteiger charge is 2.17. The maximum absolute atomic E-state index is 11.9. The zero-order valence-electron chi connectivity index (χ0n) is 11.2. The van der Waals surface area contributed by atoms with E-state index in [0.29, 0.717) is 11.3 Å². The zero-order chi connectivity index (χ0) is 15.1. The molecule has 0 saturated heterocycles. The number of ether oxygens (including phenoxy) is 1. The van der Waals surface area contributed by atoms with Crippen molar-refractivity contribution in [3.63, 3.8) is 0 Å². The second-order valence-electron chi connectivity index (χ2n) is 4.08. The first kappa shape index (κ1) is 15.9. The number of amides is 1. The van der Waals surface area contributed by atoms with Gasteiger partial charge in [0.1, 0.15) is 5.15 Å². The lowest BCUT2D eigenvalue weighted by atomic mass is 10.1. The largest absolute Gasteiger partial charge is 0.452 e. The van der Waals surface area contributed by atoms with Crippen LogP contribution in [0.3, 0.4) is 0 Å². The molecule has 0 bridgehead atoms. The molecule has 7 heteroatoms. The molecule has 0 saturated carbocycles. The van der Waals surface area contributed by atoms with E-state index in [1.807, 2.05) is 6.07 Å². The van der Waals surface area contributed by atoms with E-state index in [-0.39, 0.29) is 23.7 Å². The van der Waals surface area contributed by atoms with Crippen LogP contribution in [-0.4, -0.2) is 30.0 Å². The molecule has 0 aliphatic heterocycles. The summed E-state index contributed by atoms with van der Waals surface area (Å²) in [5.74, 6) is -1.17. The molecule has 0 aliphatic carbocycles. The van der Waals surface area contributed by atoms with Gasteiger partial charge < -0.3 is 10.1 Å². The van der Waals surface area contributed by atoms with Crippen LogP contribution in [-0.2, 0) is 9.53 Å². The normalized spacial score (nSPS) is 9.70. The lowest BCUT2D eigenvalue weighted by Gasteiger charge is -2.09. The summed E-state index contributed by atoms with van der Waals surface area (Å²) < 4.78 is 4.86. The monoisotopic (exact) mass is 295 g/mol. The van der Waals surface area contributed by atoms with Gasteiger partial charge in [-0.1, -0.05) is 11.6 Å². The minimum Gasteiger partial charge on any atom is -0.452 e. The van der Waals surface area contributed by atoms with Gasteiger partial charge >= 0.3 is 5.97 Å². The molecule has 0 unspecified atom stereocenters. The summed E-state index contributed by atoms with van der Waals surface area (Å²) in [6, 6.07) is 3.59. The van der Waals surface area contributed by atoms with Crippen LogP contribution < -0.4 is 5.32 Å². The van der Waals surface area contributed by atoms with Gasteiger partial charge in [0, 0.05) is 12.2 Å². The van der Waals surface area contributed by atoms with Crippen LogP contribution in [0.1, 0.15) is 28.0 Å². The van der Waals surface area contributed by atoms with Gasteiger partial charge in [-0.05, 0) is 25.5 Å². The number of nitriles is 1. The van der Waals surface area contributed by atoms with Crippen molar-refractivity contribution in [2.45, 2.75) is 20.3 Å². The van der Waals surface area contributed by atoms with Crippen LogP contribution in [0.2, 0.25) is 5.15 Å². The number of aryl methyl sites for hydroxylation is 2. The first-order valence-corrected chi connectivity index (χ1v) is 6.28. The number of pyridine rings is 1. The van der Waals surface area contributed by atoms with Crippen LogP contribution in [0.5, 0.6) is 0 Å². The van der Waals surface area contributed by atoms with Crippen LogP contribution in [0.15, 0.2) is 6.07 Å². The lowest BCUT2D eigenvalue weighted by Crippen LogP contribution is -2.29. The summed E-state index contributed by atoms with van der Waals surface area (Å²) >= 11 is 5.90. The molecule has 0 aromatic carbocycles. The number of hydrogen-bond donors (Lipinski definition) is 1. The fourth-order valence-corrected chi connectivity index (χ4v) is 1.91. The molecule has 1 N–H and O–H groups in total. The highest BCUT2D eigenvalue weighted by Crippen LogP contribution is 2.19. The SMILES string of the molecule is Cc1cc(C)c(C(=O)OCC(=O)NCCC#N)c(Cl)n1. The molecule has 1 aromatic rings. The van der Waals surface area contributed by atoms with E-state index in [4.69, 9.17) is 21.6 Å². The third-order valence-corrected chi connectivity index (χ3v) is 2.67. The Bertz CT molecular complexity index is 543. The van der Waals surface area contributed by atoms with Crippen molar-refractivity contribution in [1.29, 1.82) is 5.26 Å². The molecular weight excluding hydrogens is 282 g/mol. The Balaban J connectivity index is 2.60. The highest BCUT2D eigenvalue weighted by atomic mass is 35.5. The minimum atomic E-state index is -0.699. The van der Waals surface area contributed by atoms with Gasteiger partial charge in [0.25, 0.3) is 5.91 Å². The Hall–Kier alpha value is -2.13. The number of aromatic nitrogens is 1. The molecule has 6 nitrogen and oxygen atoms in total. The first-order chi connectivity index (χ1) is 9.45. The molecule has 0 aliphatic rings. The first-order valence-electron chi connectivity index (χ1n) is 5.90. The molecule has 1 amide bonds. The molecule has 1 heterocycles. The number of carbonyl (C=O) groups excluding carboxylic acids is 2. The Kier molecular flexibility index (Phi) is 5.94. The van der Waals surface area contributed by atoms with Crippen molar-refractivity contribution in [2.24, 2.45) is 0 Å². The number of nitrogens with zero attached hydrogens (tertiary/aromatic N) is 2. The van der Waals surface area contributed by atoms with Gasteiger partial charge in [0.05, 0.1) is 18.1 Å². The third kappa shape index (κ3) is 4.52. The molecule has 1 rings (SSSR count). The molecule has 20 heavy (non-hydrogen) atoms. The molecule has 106 valence electrons. The summed E-state index contributed by atoms with van der Waals surface area (Å²) in [6.45, 7) is 3.27. The predicted molar refractivity (Wildman–Crippen MR) is 72.2 cm³/mol. The number of rotatable bonds is 5. The average Bonchev–Trinajstić information content (AvgIpc) is 2.35. The third-order valence-electron chi connectivity index (χ3n) is 2.40. The Morgan fingerprint density at radius 2 is 2.20 bits per heavy atom. The van der Waals surface area contributed by atoms with E-state index >= 15 is 0 Å². The quantitative estimate of drug-likeness (QED) is 0.505. The number of halogens is 1. The molecule has 1 aromatic heterocycles. The van der Waals surface area contributed by atoms with E-state index < -0.39 is 18.5 Å². The minimum absolute atomic E-state index is 0.0531. The maximum atomic E-state index is 11.9. The number of hydrogen-bond acceptors (Lipinski definition) is 5. The second-order valence-corrected chi connectivity index (χ2v) is 4.44. The van der Waals surface area contributed by atoms with Crippen LogP contribution in [0.4, 0.5) is 0 Å². The van der Waals surface area contributed by atoms with E-state index in [1.54, 1.807) is 19.9 Å². The van der Waals surface area contributed by atoms with Gasteiger partial charge in [-0.3, -0.25) is 4.79 Å².